The van der Waals surface area contributed by atoms with E-state index in [9.17, 15) is 43.2 Å². The van der Waals surface area contributed by atoms with Crippen LogP contribution in [0.15, 0.2) is 0 Å². The second-order valence-corrected chi connectivity index (χ2v) is 11.9. The van der Waals surface area contributed by atoms with Gasteiger partial charge in [0, 0.05) is 24.9 Å². The number of thiol groups is 2. The molecule has 0 saturated heterocycles. The van der Waals surface area contributed by atoms with Gasteiger partial charge in [-0.2, -0.15) is 25.3 Å². The Hall–Kier alpha value is -4.07. The molecule has 18 nitrogen and oxygen atoms in total. The molecule has 0 aliphatic carbocycles. The molecule has 0 aliphatic heterocycles. The zero-order chi connectivity index (χ0) is 36.6. The minimum Gasteiger partial charge on any atom is -0.481 e. The summed E-state index contributed by atoms with van der Waals surface area (Å²) in [4.78, 5) is 110. The minimum absolute atomic E-state index is 0.222. The normalized spacial score (nSPS) is 14.7. The number of carbonyl (C=O) groups is 9. The molecule has 0 heterocycles. The lowest BCUT2D eigenvalue weighted by Gasteiger charge is -2.29. The van der Waals surface area contributed by atoms with E-state index in [1.807, 2.05) is 0 Å². The highest BCUT2D eigenvalue weighted by Crippen LogP contribution is 2.09. The maximum Gasteiger partial charge on any atom is 0.327 e. The largest absolute Gasteiger partial charge is 0.481 e. The third kappa shape index (κ3) is 15.9. The summed E-state index contributed by atoms with van der Waals surface area (Å²) in [5.41, 5.74) is 0. The molecule has 20 heteroatoms. The van der Waals surface area contributed by atoms with E-state index in [1.54, 1.807) is 27.7 Å². The van der Waals surface area contributed by atoms with Gasteiger partial charge in [-0.25, -0.2) is 4.79 Å². The number of carboxylic acids is 3. The third-order valence-electron chi connectivity index (χ3n) is 6.46. The number of amides is 6. The maximum atomic E-state index is 13.4. The first-order valence-electron chi connectivity index (χ1n) is 14.4. The van der Waals surface area contributed by atoms with Crippen molar-refractivity contribution in [1.29, 1.82) is 0 Å². The maximum absolute atomic E-state index is 13.4. The molecule has 0 aromatic rings. The summed E-state index contributed by atoms with van der Waals surface area (Å²) >= 11 is 7.92. The number of nitrogens with one attached hydrogen (secondary N) is 6. The Bertz CT molecular complexity index is 1170. The van der Waals surface area contributed by atoms with E-state index in [-0.39, 0.29) is 11.5 Å². The summed E-state index contributed by atoms with van der Waals surface area (Å²) in [5.74, 6) is -11.0. The van der Waals surface area contributed by atoms with E-state index < -0.39 is 121 Å². The molecule has 0 radical (unpaired) electrons. The molecule has 0 rings (SSSR count). The van der Waals surface area contributed by atoms with Crippen LogP contribution >= 0.6 is 25.3 Å². The third-order valence-corrected chi connectivity index (χ3v) is 7.19. The highest BCUT2D eigenvalue weighted by Gasteiger charge is 2.35. The van der Waals surface area contributed by atoms with Crippen molar-refractivity contribution in [3.05, 3.63) is 0 Å². The Morgan fingerprint density at radius 3 is 1.34 bits per heavy atom. The van der Waals surface area contributed by atoms with Crippen LogP contribution in [0, 0.1) is 11.8 Å². The molecule has 0 spiro atoms. The van der Waals surface area contributed by atoms with E-state index in [1.165, 1.54) is 0 Å². The molecule has 6 atom stereocenters. The van der Waals surface area contributed by atoms with E-state index in [0.29, 0.717) is 0 Å². The number of aliphatic carboxylic acids is 3. The molecule has 0 aliphatic rings. The molecular formula is C27H44N6O12S2. The fourth-order valence-electron chi connectivity index (χ4n) is 3.92. The van der Waals surface area contributed by atoms with E-state index >= 15 is 0 Å². The lowest BCUT2D eigenvalue weighted by atomic mass is 9.98. The van der Waals surface area contributed by atoms with E-state index in [4.69, 9.17) is 15.3 Å². The second kappa shape index (κ2) is 20.9. The van der Waals surface area contributed by atoms with Gasteiger partial charge in [0.2, 0.25) is 35.4 Å². The summed E-state index contributed by atoms with van der Waals surface area (Å²) in [5, 5.41) is 41.4. The van der Waals surface area contributed by atoms with Gasteiger partial charge < -0.3 is 47.2 Å². The Kier molecular flexibility index (Phi) is 19.1. The van der Waals surface area contributed by atoms with Crippen LogP contribution in [-0.2, 0) is 43.2 Å². The van der Waals surface area contributed by atoms with Gasteiger partial charge in [0.1, 0.15) is 36.3 Å². The molecule has 0 aromatic heterocycles. The zero-order valence-corrected chi connectivity index (χ0v) is 28.4. The van der Waals surface area contributed by atoms with Crippen molar-refractivity contribution < 1.29 is 58.5 Å². The summed E-state index contributed by atoms with van der Waals surface area (Å²) in [7, 11) is 0. The molecule has 47 heavy (non-hydrogen) atoms. The molecule has 9 N–H and O–H groups in total. The van der Waals surface area contributed by atoms with Crippen molar-refractivity contribution in [3.8, 4) is 0 Å². The Balaban J connectivity index is 5.96. The van der Waals surface area contributed by atoms with Gasteiger partial charge in [-0.15, -0.1) is 0 Å². The topological polar surface area (TPSA) is 286 Å². The van der Waals surface area contributed by atoms with Crippen LogP contribution in [0.4, 0.5) is 0 Å². The van der Waals surface area contributed by atoms with Crippen molar-refractivity contribution in [3.63, 3.8) is 0 Å². The molecular weight excluding hydrogens is 664 g/mol. The number of carboxylic acid groups (broad SMARTS) is 3. The zero-order valence-electron chi connectivity index (χ0n) is 26.6. The molecule has 266 valence electrons. The molecule has 0 unspecified atom stereocenters. The molecule has 0 bridgehead atoms. The van der Waals surface area contributed by atoms with Crippen LogP contribution < -0.4 is 31.9 Å². The lowest BCUT2D eigenvalue weighted by molar-refractivity contribution is -0.141. The Labute approximate surface area is 282 Å². The smallest absolute Gasteiger partial charge is 0.327 e. The summed E-state index contributed by atoms with van der Waals surface area (Å²) in [6.45, 7) is 7.33. The fourth-order valence-corrected chi connectivity index (χ4v) is 4.42. The standard InChI is InChI=1S/C27H44N6O12S2/c1-11(2)20(25(42)30-16(9-46)24(41)31-17(10-47)27(44)45)33-26(43)21(12(3)4)32-22(39)14(6-7-18(35)36)29-23(40)15(8-19(37)38)28-13(5)34/h11-12,14-17,20-21,46-47H,6-10H2,1-5H3,(H,28,34)(H,29,40)(H,30,42)(H,31,41)(H,32,39)(H,33,43)(H,35,36)(H,37,38)(H,44,45)/t14-,15-,16-,17-,20-,21-/m0/s1. The van der Waals surface area contributed by atoms with Crippen LogP contribution in [0.3, 0.4) is 0 Å². The number of rotatable bonds is 21. The summed E-state index contributed by atoms with van der Waals surface area (Å²) in [6, 6.07) is -8.36. The molecule has 0 aromatic carbocycles. The average Bonchev–Trinajstić information content (AvgIpc) is 2.95. The highest BCUT2D eigenvalue weighted by atomic mass is 32.1. The van der Waals surface area contributed by atoms with Gasteiger partial charge in [-0.1, -0.05) is 27.7 Å². The van der Waals surface area contributed by atoms with Crippen LogP contribution in [0.25, 0.3) is 0 Å². The molecule has 0 saturated carbocycles. The summed E-state index contributed by atoms with van der Waals surface area (Å²) in [6.07, 6.45) is -1.89. The van der Waals surface area contributed by atoms with Gasteiger partial charge in [0.15, 0.2) is 0 Å². The van der Waals surface area contributed by atoms with Crippen LogP contribution in [0.5, 0.6) is 0 Å². The first kappa shape index (κ1) is 42.9. The Morgan fingerprint density at radius 2 is 0.936 bits per heavy atom. The SMILES string of the molecule is CC(=O)N[C@@H](CC(=O)O)C(=O)N[C@@H](CCC(=O)O)C(=O)N[C@H](C(=O)N[C@H](C(=O)N[C@@H](CS)C(=O)N[C@@H](CS)C(=O)O)C(C)C)C(C)C. The quantitative estimate of drug-likeness (QED) is 0.0553. The van der Waals surface area contributed by atoms with Gasteiger partial charge in [0.05, 0.1) is 6.42 Å². The predicted octanol–water partition coefficient (Wildman–Crippen LogP) is -2.49. The predicted molar refractivity (Wildman–Crippen MR) is 171 cm³/mol. The monoisotopic (exact) mass is 708 g/mol. The van der Waals surface area contributed by atoms with Gasteiger partial charge >= 0.3 is 17.9 Å². The van der Waals surface area contributed by atoms with Crippen molar-refractivity contribution in [1.82, 2.24) is 31.9 Å². The minimum atomic E-state index is -1.59. The fraction of sp³-hybridized carbons (Fsp3) is 0.667. The van der Waals surface area contributed by atoms with E-state index in [2.05, 4.69) is 57.2 Å². The molecule has 6 amide bonds. The first-order valence-corrected chi connectivity index (χ1v) is 15.7. The van der Waals surface area contributed by atoms with Gasteiger partial charge in [-0.05, 0) is 18.3 Å². The van der Waals surface area contributed by atoms with Crippen molar-refractivity contribution in [2.24, 2.45) is 11.8 Å². The first-order chi connectivity index (χ1) is 21.7. The average molecular weight is 709 g/mol. The molecule has 0 fully saturated rings. The second-order valence-electron chi connectivity index (χ2n) is 11.1. The lowest BCUT2D eigenvalue weighted by Crippen LogP contribution is -2.61. The van der Waals surface area contributed by atoms with Crippen LogP contribution in [-0.4, -0.2) is 116 Å². The van der Waals surface area contributed by atoms with Crippen LogP contribution in [0.2, 0.25) is 0 Å². The number of carbonyl (C=O) groups excluding carboxylic acids is 6. The van der Waals surface area contributed by atoms with Crippen molar-refractivity contribution >= 4 is 78.6 Å². The highest BCUT2D eigenvalue weighted by molar-refractivity contribution is 7.80. The van der Waals surface area contributed by atoms with Crippen LogP contribution in [0.1, 0.15) is 53.9 Å². The summed E-state index contributed by atoms with van der Waals surface area (Å²) < 4.78 is 0. The van der Waals surface area contributed by atoms with Crippen molar-refractivity contribution in [2.45, 2.75) is 90.1 Å². The van der Waals surface area contributed by atoms with Gasteiger partial charge in [0.25, 0.3) is 0 Å². The Morgan fingerprint density at radius 1 is 0.532 bits per heavy atom. The van der Waals surface area contributed by atoms with E-state index in [0.717, 1.165) is 6.92 Å². The number of hydrogen-bond donors (Lipinski definition) is 11. The number of hydrogen-bond acceptors (Lipinski definition) is 11. The van der Waals surface area contributed by atoms with Gasteiger partial charge in [-0.3, -0.25) is 38.4 Å². The van der Waals surface area contributed by atoms with Crippen molar-refractivity contribution in [2.75, 3.05) is 11.5 Å².